The molecule has 2 atom stereocenters. The summed E-state index contributed by atoms with van der Waals surface area (Å²) in [4.78, 5) is 0. The summed E-state index contributed by atoms with van der Waals surface area (Å²) >= 11 is 0. The van der Waals surface area contributed by atoms with E-state index < -0.39 is 5.79 Å². The molecule has 1 fully saturated rings. The summed E-state index contributed by atoms with van der Waals surface area (Å²) in [6.45, 7) is 6.32. The molecular weight excluding hydrogens is 286 g/mol. The highest BCUT2D eigenvalue weighted by Crippen LogP contribution is 2.31. The van der Waals surface area contributed by atoms with Gasteiger partial charge in [0.25, 0.3) is 0 Å². The predicted molar refractivity (Wildman–Crippen MR) is 92.2 cm³/mol. The van der Waals surface area contributed by atoms with E-state index >= 15 is 0 Å². The highest BCUT2D eigenvalue weighted by Gasteiger charge is 2.37. The summed E-state index contributed by atoms with van der Waals surface area (Å²) in [6.07, 6.45) is 0.0793. The van der Waals surface area contributed by atoms with Crippen LogP contribution in [0.3, 0.4) is 0 Å². The second kappa shape index (κ2) is 7.26. The molecule has 2 aromatic carbocycles. The molecule has 2 aromatic rings. The van der Waals surface area contributed by atoms with Crippen molar-refractivity contribution in [3.63, 3.8) is 0 Å². The zero-order valence-corrected chi connectivity index (χ0v) is 13.9. The van der Waals surface area contributed by atoms with Crippen LogP contribution < -0.4 is 5.32 Å². The van der Waals surface area contributed by atoms with E-state index in [9.17, 15) is 0 Å². The molecule has 3 heteroatoms. The van der Waals surface area contributed by atoms with Crippen LogP contribution in [0.1, 0.15) is 30.9 Å². The van der Waals surface area contributed by atoms with Gasteiger partial charge in [0, 0.05) is 19.0 Å². The van der Waals surface area contributed by atoms with Crippen LogP contribution in [0.4, 0.5) is 0 Å². The van der Waals surface area contributed by atoms with Gasteiger partial charge in [-0.05, 0) is 25.0 Å². The van der Waals surface area contributed by atoms with Crippen molar-refractivity contribution in [3.8, 4) is 0 Å². The van der Waals surface area contributed by atoms with E-state index in [1.165, 1.54) is 11.1 Å². The van der Waals surface area contributed by atoms with E-state index in [0.29, 0.717) is 6.61 Å². The summed E-state index contributed by atoms with van der Waals surface area (Å²) in [6, 6.07) is 21.0. The molecule has 0 spiro atoms. The fourth-order valence-corrected chi connectivity index (χ4v) is 3.05. The lowest BCUT2D eigenvalue weighted by atomic mass is 9.93. The molecule has 0 amide bonds. The van der Waals surface area contributed by atoms with Crippen molar-refractivity contribution in [2.75, 3.05) is 13.2 Å². The molecule has 1 unspecified atom stereocenters. The highest BCUT2D eigenvalue weighted by molar-refractivity contribution is 5.22. The normalized spacial score (nSPS) is 21.2. The Bertz CT molecular complexity index is 598. The van der Waals surface area contributed by atoms with Gasteiger partial charge in [-0.3, -0.25) is 0 Å². The van der Waals surface area contributed by atoms with Gasteiger partial charge in [-0.2, -0.15) is 0 Å². The van der Waals surface area contributed by atoms with E-state index in [0.717, 1.165) is 13.1 Å². The Morgan fingerprint density at radius 1 is 1.04 bits per heavy atom. The standard InChI is InChI=1S/C20H25NO2/c1-20(2)22-15-19(23-20)18(17-11-7-4-8-12-17)14-21-13-16-9-5-3-6-10-16/h3-12,18-19,21H,13-15H2,1-2H3/t18-,19?/m0/s1. The number of rotatable bonds is 6. The van der Waals surface area contributed by atoms with Crippen molar-refractivity contribution in [1.29, 1.82) is 0 Å². The molecule has 0 aromatic heterocycles. The Morgan fingerprint density at radius 2 is 1.70 bits per heavy atom. The van der Waals surface area contributed by atoms with Gasteiger partial charge in [-0.15, -0.1) is 0 Å². The lowest BCUT2D eigenvalue weighted by Crippen LogP contribution is -2.32. The molecule has 1 aliphatic rings. The minimum atomic E-state index is -0.489. The van der Waals surface area contributed by atoms with E-state index in [2.05, 4.69) is 53.8 Å². The molecule has 1 aliphatic heterocycles. The molecule has 0 aliphatic carbocycles. The summed E-state index contributed by atoms with van der Waals surface area (Å²) in [5.41, 5.74) is 2.59. The second-order valence-electron chi connectivity index (χ2n) is 6.50. The topological polar surface area (TPSA) is 30.5 Å². The fraction of sp³-hybridized carbons (Fsp3) is 0.400. The van der Waals surface area contributed by atoms with Gasteiger partial charge < -0.3 is 14.8 Å². The van der Waals surface area contributed by atoms with Crippen LogP contribution in [0.25, 0.3) is 0 Å². The Balaban J connectivity index is 1.66. The Kier molecular flexibility index (Phi) is 5.11. The van der Waals surface area contributed by atoms with Crippen LogP contribution in [0.15, 0.2) is 60.7 Å². The summed E-state index contributed by atoms with van der Waals surface area (Å²) < 4.78 is 11.9. The van der Waals surface area contributed by atoms with Gasteiger partial charge in [0.15, 0.2) is 5.79 Å². The first kappa shape index (κ1) is 16.2. The number of nitrogens with one attached hydrogen (secondary N) is 1. The minimum Gasteiger partial charge on any atom is -0.348 e. The zero-order valence-electron chi connectivity index (χ0n) is 13.9. The fourth-order valence-electron chi connectivity index (χ4n) is 3.05. The molecule has 1 heterocycles. The zero-order chi connectivity index (χ0) is 16.1. The first-order chi connectivity index (χ1) is 11.1. The molecule has 3 rings (SSSR count). The summed E-state index contributed by atoms with van der Waals surface area (Å²) in [5.74, 6) is -0.210. The second-order valence-corrected chi connectivity index (χ2v) is 6.50. The number of hydrogen-bond donors (Lipinski definition) is 1. The van der Waals surface area contributed by atoms with E-state index in [1.807, 2.05) is 26.0 Å². The Morgan fingerprint density at radius 3 is 2.30 bits per heavy atom. The third-order valence-electron chi connectivity index (χ3n) is 4.24. The lowest BCUT2D eigenvalue weighted by Gasteiger charge is -2.25. The average molecular weight is 311 g/mol. The molecule has 0 saturated carbocycles. The number of ether oxygens (including phenoxy) is 2. The third-order valence-corrected chi connectivity index (χ3v) is 4.24. The molecule has 0 bridgehead atoms. The lowest BCUT2D eigenvalue weighted by molar-refractivity contribution is -0.140. The number of hydrogen-bond acceptors (Lipinski definition) is 3. The summed E-state index contributed by atoms with van der Waals surface area (Å²) in [7, 11) is 0. The van der Waals surface area contributed by atoms with E-state index in [-0.39, 0.29) is 12.0 Å². The molecule has 1 saturated heterocycles. The molecule has 1 N–H and O–H groups in total. The monoisotopic (exact) mass is 311 g/mol. The van der Waals surface area contributed by atoms with Crippen molar-refractivity contribution >= 4 is 0 Å². The SMILES string of the molecule is CC1(C)OCC([C@@H](CNCc2ccccc2)c2ccccc2)O1. The van der Waals surface area contributed by atoms with Gasteiger partial charge >= 0.3 is 0 Å². The van der Waals surface area contributed by atoms with Gasteiger partial charge in [-0.1, -0.05) is 60.7 Å². The van der Waals surface area contributed by atoms with Gasteiger partial charge in [0.2, 0.25) is 0 Å². The van der Waals surface area contributed by atoms with E-state index in [4.69, 9.17) is 9.47 Å². The molecule has 122 valence electrons. The van der Waals surface area contributed by atoms with Gasteiger partial charge in [0.05, 0.1) is 12.7 Å². The van der Waals surface area contributed by atoms with Crippen LogP contribution in [-0.4, -0.2) is 25.0 Å². The van der Waals surface area contributed by atoms with Crippen LogP contribution in [-0.2, 0) is 16.0 Å². The Labute approximate surface area is 138 Å². The maximum atomic E-state index is 6.11. The first-order valence-electron chi connectivity index (χ1n) is 8.25. The van der Waals surface area contributed by atoms with Gasteiger partial charge in [-0.25, -0.2) is 0 Å². The van der Waals surface area contributed by atoms with E-state index in [1.54, 1.807) is 0 Å². The first-order valence-corrected chi connectivity index (χ1v) is 8.25. The maximum absolute atomic E-state index is 6.11. The highest BCUT2D eigenvalue weighted by atomic mass is 16.7. The minimum absolute atomic E-state index is 0.0793. The van der Waals surface area contributed by atoms with Crippen molar-refractivity contribution in [2.24, 2.45) is 0 Å². The number of benzene rings is 2. The van der Waals surface area contributed by atoms with Crippen LogP contribution in [0.5, 0.6) is 0 Å². The molecule has 0 radical (unpaired) electrons. The van der Waals surface area contributed by atoms with Crippen molar-refractivity contribution in [3.05, 3.63) is 71.8 Å². The molecule has 3 nitrogen and oxygen atoms in total. The third kappa shape index (κ3) is 4.41. The average Bonchev–Trinajstić information content (AvgIpc) is 2.93. The van der Waals surface area contributed by atoms with Crippen LogP contribution >= 0.6 is 0 Å². The molecule has 23 heavy (non-hydrogen) atoms. The largest absolute Gasteiger partial charge is 0.348 e. The van der Waals surface area contributed by atoms with Crippen molar-refractivity contribution in [1.82, 2.24) is 5.32 Å². The predicted octanol–water partition coefficient (Wildman–Crippen LogP) is 3.71. The van der Waals surface area contributed by atoms with Crippen LogP contribution in [0, 0.1) is 0 Å². The molecular formula is C20H25NO2. The Hall–Kier alpha value is -1.68. The van der Waals surface area contributed by atoms with Crippen LogP contribution in [0.2, 0.25) is 0 Å². The quantitative estimate of drug-likeness (QED) is 0.882. The maximum Gasteiger partial charge on any atom is 0.163 e. The van der Waals surface area contributed by atoms with Gasteiger partial charge in [0.1, 0.15) is 0 Å². The smallest absolute Gasteiger partial charge is 0.163 e. The van der Waals surface area contributed by atoms with Crippen molar-refractivity contribution in [2.45, 2.75) is 38.2 Å². The summed E-state index contributed by atoms with van der Waals surface area (Å²) in [5, 5.41) is 3.57. The van der Waals surface area contributed by atoms with Crippen molar-refractivity contribution < 1.29 is 9.47 Å².